The SMILES string of the molecule is CCOC(=O)c1c(NC(=O)CN(CC)Cc2ccccc2)sc2c1CCC(C)C2. The van der Waals surface area contributed by atoms with Crippen LogP contribution < -0.4 is 5.32 Å². The summed E-state index contributed by atoms with van der Waals surface area (Å²) in [6, 6.07) is 10.1. The minimum Gasteiger partial charge on any atom is -0.462 e. The van der Waals surface area contributed by atoms with Crippen LogP contribution >= 0.6 is 11.3 Å². The van der Waals surface area contributed by atoms with Gasteiger partial charge in [0.05, 0.1) is 18.7 Å². The van der Waals surface area contributed by atoms with Crippen LogP contribution in [-0.2, 0) is 28.9 Å². The standard InChI is InChI=1S/C23H30N2O3S/c1-4-25(14-17-9-7-6-8-10-17)15-20(26)24-22-21(23(27)28-5-2)18-12-11-16(3)13-19(18)29-22/h6-10,16H,4-5,11-15H2,1-3H3,(H,24,26). The molecule has 1 aromatic heterocycles. The van der Waals surface area contributed by atoms with Gasteiger partial charge in [-0.05, 0) is 49.8 Å². The molecular weight excluding hydrogens is 384 g/mol. The normalized spacial score (nSPS) is 15.8. The van der Waals surface area contributed by atoms with Crippen molar-refractivity contribution >= 4 is 28.2 Å². The minimum absolute atomic E-state index is 0.0972. The summed E-state index contributed by atoms with van der Waals surface area (Å²) in [7, 11) is 0. The number of benzene rings is 1. The van der Waals surface area contributed by atoms with Crippen LogP contribution in [0.3, 0.4) is 0 Å². The smallest absolute Gasteiger partial charge is 0.341 e. The first-order valence-corrected chi connectivity index (χ1v) is 11.2. The number of nitrogens with zero attached hydrogens (tertiary/aromatic N) is 1. The van der Waals surface area contributed by atoms with Crippen LogP contribution in [0.15, 0.2) is 30.3 Å². The lowest BCUT2D eigenvalue weighted by Gasteiger charge is -2.20. The molecule has 1 aliphatic carbocycles. The molecule has 1 N–H and O–H groups in total. The number of fused-ring (bicyclic) bond motifs is 1. The molecule has 1 aromatic carbocycles. The van der Waals surface area contributed by atoms with Crippen molar-refractivity contribution in [3.8, 4) is 0 Å². The predicted molar refractivity (Wildman–Crippen MR) is 117 cm³/mol. The van der Waals surface area contributed by atoms with E-state index in [1.54, 1.807) is 6.92 Å². The van der Waals surface area contributed by atoms with E-state index in [-0.39, 0.29) is 18.4 Å². The van der Waals surface area contributed by atoms with Crippen LogP contribution in [0.1, 0.15) is 53.6 Å². The van der Waals surface area contributed by atoms with Gasteiger partial charge in [-0.25, -0.2) is 4.79 Å². The monoisotopic (exact) mass is 414 g/mol. The molecule has 3 rings (SSSR count). The second-order valence-electron chi connectivity index (χ2n) is 7.61. The molecule has 156 valence electrons. The number of esters is 1. The van der Waals surface area contributed by atoms with Crippen LogP contribution in [-0.4, -0.2) is 36.5 Å². The Morgan fingerprint density at radius 2 is 2.00 bits per heavy atom. The van der Waals surface area contributed by atoms with Gasteiger partial charge in [0.25, 0.3) is 0 Å². The summed E-state index contributed by atoms with van der Waals surface area (Å²) in [5.74, 6) is 0.174. The molecule has 1 aliphatic rings. The Balaban J connectivity index is 1.74. The van der Waals surface area contributed by atoms with Crippen molar-refractivity contribution in [2.45, 2.75) is 46.6 Å². The van der Waals surface area contributed by atoms with E-state index < -0.39 is 0 Å². The summed E-state index contributed by atoms with van der Waals surface area (Å²) in [4.78, 5) is 28.7. The van der Waals surface area contributed by atoms with E-state index >= 15 is 0 Å². The highest BCUT2D eigenvalue weighted by Crippen LogP contribution is 2.40. The van der Waals surface area contributed by atoms with E-state index in [9.17, 15) is 9.59 Å². The molecule has 1 atom stereocenters. The number of carbonyl (C=O) groups is 2. The lowest BCUT2D eigenvalue weighted by atomic mass is 9.88. The molecular formula is C23H30N2O3S. The maximum Gasteiger partial charge on any atom is 0.341 e. The largest absolute Gasteiger partial charge is 0.462 e. The Labute approximate surface area is 177 Å². The summed E-state index contributed by atoms with van der Waals surface area (Å²) >= 11 is 1.54. The van der Waals surface area contributed by atoms with Crippen molar-refractivity contribution in [3.63, 3.8) is 0 Å². The summed E-state index contributed by atoms with van der Waals surface area (Å²) in [5, 5.41) is 3.65. The third-order valence-corrected chi connectivity index (χ3v) is 6.48. The zero-order valence-electron chi connectivity index (χ0n) is 17.5. The maximum atomic E-state index is 12.8. The maximum absolute atomic E-state index is 12.8. The first-order chi connectivity index (χ1) is 14.0. The lowest BCUT2D eigenvalue weighted by molar-refractivity contribution is -0.117. The first kappa shape index (κ1) is 21.5. The summed E-state index contributed by atoms with van der Waals surface area (Å²) in [6.07, 6.45) is 2.88. The molecule has 0 radical (unpaired) electrons. The number of amides is 1. The van der Waals surface area contributed by atoms with Gasteiger partial charge >= 0.3 is 5.97 Å². The molecule has 0 saturated heterocycles. The lowest BCUT2D eigenvalue weighted by Crippen LogP contribution is -2.33. The highest BCUT2D eigenvalue weighted by atomic mass is 32.1. The average molecular weight is 415 g/mol. The number of hydrogen-bond acceptors (Lipinski definition) is 5. The van der Waals surface area contributed by atoms with E-state index in [0.717, 1.165) is 31.4 Å². The third kappa shape index (κ3) is 5.46. The molecule has 0 bridgehead atoms. The summed E-state index contributed by atoms with van der Waals surface area (Å²) in [5.41, 5.74) is 2.81. The highest BCUT2D eigenvalue weighted by Gasteiger charge is 2.29. The molecule has 0 aliphatic heterocycles. The average Bonchev–Trinajstić information content (AvgIpc) is 3.05. The third-order valence-electron chi connectivity index (χ3n) is 5.31. The summed E-state index contributed by atoms with van der Waals surface area (Å²) < 4.78 is 5.29. The Morgan fingerprint density at radius 1 is 1.24 bits per heavy atom. The quantitative estimate of drug-likeness (QED) is 0.646. The van der Waals surface area contributed by atoms with Crippen LogP contribution in [0, 0.1) is 5.92 Å². The predicted octanol–water partition coefficient (Wildman–Crippen LogP) is 4.51. The molecule has 1 heterocycles. The van der Waals surface area contributed by atoms with E-state index in [2.05, 4.69) is 29.3 Å². The molecule has 5 nitrogen and oxygen atoms in total. The van der Waals surface area contributed by atoms with Gasteiger partial charge in [0, 0.05) is 11.4 Å². The van der Waals surface area contributed by atoms with Crippen LogP contribution in [0.4, 0.5) is 5.00 Å². The number of thiophene rings is 1. The fourth-order valence-corrected chi connectivity index (χ4v) is 5.16. The van der Waals surface area contributed by atoms with Gasteiger partial charge < -0.3 is 10.1 Å². The van der Waals surface area contributed by atoms with E-state index in [1.165, 1.54) is 21.8 Å². The van der Waals surface area contributed by atoms with Crippen molar-refractivity contribution in [2.75, 3.05) is 25.0 Å². The highest BCUT2D eigenvalue weighted by molar-refractivity contribution is 7.17. The Hall–Kier alpha value is -2.18. The summed E-state index contributed by atoms with van der Waals surface area (Å²) in [6.45, 7) is 8.18. The minimum atomic E-state index is -0.327. The van der Waals surface area contributed by atoms with Crippen molar-refractivity contribution in [1.29, 1.82) is 0 Å². The topological polar surface area (TPSA) is 58.6 Å². The zero-order valence-corrected chi connectivity index (χ0v) is 18.3. The molecule has 0 spiro atoms. The Morgan fingerprint density at radius 3 is 2.69 bits per heavy atom. The van der Waals surface area contributed by atoms with Gasteiger partial charge in [0.15, 0.2) is 0 Å². The number of nitrogens with one attached hydrogen (secondary N) is 1. The number of hydrogen-bond donors (Lipinski definition) is 1. The second-order valence-corrected chi connectivity index (χ2v) is 8.72. The number of ether oxygens (including phenoxy) is 1. The van der Waals surface area contributed by atoms with Gasteiger partial charge in [-0.1, -0.05) is 44.2 Å². The fourth-order valence-electron chi connectivity index (χ4n) is 3.75. The van der Waals surface area contributed by atoms with Crippen LogP contribution in [0.25, 0.3) is 0 Å². The van der Waals surface area contributed by atoms with Crippen molar-refractivity contribution < 1.29 is 14.3 Å². The molecule has 6 heteroatoms. The van der Waals surface area contributed by atoms with Crippen molar-refractivity contribution in [1.82, 2.24) is 4.90 Å². The van der Waals surface area contributed by atoms with Crippen LogP contribution in [0.2, 0.25) is 0 Å². The Bertz CT molecular complexity index is 847. The van der Waals surface area contributed by atoms with Crippen molar-refractivity contribution in [3.05, 3.63) is 51.9 Å². The molecule has 29 heavy (non-hydrogen) atoms. The van der Waals surface area contributed by atoms with Crippen molar-refractivity contribution in [2.24, 2.45) is 5.92 Å². The van der Waals surface area contributed by atoms with E-state index in [0.29, 0.717) is 29.6 Å². The van der Waals surface area contributed by atoms with Crippen LogP contribution in [0.5, 0.6) is 0 Å². The molecule has 0 saturated carbocycles. The van der Waals surface area contributed by atoms with Gasteiger partial charge in [-0.2, -0.15) is 0 Å². The molecule has 1 amide bonds. The second kappa shape index (κ2) is 10.0. The number of likely N-dealkylation sites (N-methyl/N-ethyl adjacent to an activating group) is 1. The van der Waals surface area contributed by atoms with E-state index in [4.69, 9.17) is 4.74 Å². The van der Waals surface area contributed by atoms with E-state index in [1.807, 2.05) is 25.1 Å². The van der Waals surface area contributed by atoms with Gasteiger partial charge in [0.1, 0.15) is 5.00 Å². The molecule has 0 fully saturated rings. The Kier molecular flexibility index (Phi) is 7.45. The number of rotatable bonds is 8. The fraction of sp³-hybridized carbons (Fsp3) is 0.478. The molecule has 1 unspecified atom stereocenters. The number of anilines is 1. The number of carbonyl (C=O) groups excluding carboxylic acids is 2. The first-order valence-electron chi connectivity index (χ1n) is 10.4. The van der Waals surface area contributed by atoms with Gasteiger partial charge in [-0.3, -0.25) is 9.69 Å². The van der Waals surface area contributed by atoms with Gasteiger partial charge in [0.2, 0.25) is 5.91 Å². The molecule has 2 aromatic rings. The zero-order chi connectivity index (χ0) is 20.8. The van der Waals surface area contributed by atoms with Gasteiger partial charge in [-0.15, -0.1) is 11.3 Å².